The van der Waals surface area contributed by atoms with Gasteiger partial charge in [-0.3, -0.25) is 4.72 Å². The predicted molar refractivity (Wildman–Crippen MR) is 79.4 cm³/mol. The van der Waals surface area contributed by atoms with Crippen LogP contribution in [0, 0.1) is 0 Å². The van der Waals surface area contributed by atoms with Gasteiger partial charge in [-0.1, -0.05) is 46.8 Å². The molecule has 19 heavy (non-hydrogen) atoms. The van der Waals surface area contributed by atoms with Crippen molar-refractivity contribution in [3.8, 4) is 0 Å². The maximum absolute atomic E-state index is 11.9. The van der Waals surface area contributed by atoms with E-state index in [1.54, 1.807) is 24.3 Å². The fourth-order valence-corrected chi connectivity index (χ4v) is 4.01. The molecule has 1 aromatic carbocycles. The van der Waals surface area contributed by atoms with Crippen molar-refractivity contribution in [2.75, 3.05) is 11.0 Å². The summed E-state index contributed by atoms with van der Waals surface area (Å²) >= 11 is 8.37. The first-order chi connectivity index (χ1) is 8.98. The third-order valence-electron chi connectivity index (χ3n) is 2.09. The van der Waals surface area contributed by atoms with Gasteiger partial charge in [0.1, 0.15) is 0 Å². The van der Waals surface area contributed by atoms with Crippen LogP contribution in [0.1, 0.15) is 5.56 Å². The largest absolute Gasteiger partial charge is 0.257 e. The first-order valence-electron chi connectivity index (χ1n) is 5.11. The van der Waals surface area contributed by atoms with Gasteiger partial charge in [0, 0.05) is 5.02 Å². The third kappa shape index (κ3) is 4.34. The number of nitrogens with one attached hydrogen (secondary N) is 1. The van der Waals surface area contributed by atoms with E-state index in [2.05, 4.69) is 14.9 Å². The van der Waals surface area contributed by atoms with Gasteiger partial charge in [0.15, 0.2) is 4.34 Å². The Labute approximate surface area is 124 Å². The van der Waals surface area contributed by atoms with Crippen molar-refractivity contribution in [3.05, 3.63) is 34.9 Å². The van der Waals surface area contributed by atoms with Crippen LogP contribution in [0.2, 0.25) is 5.02 Å². The van der Waals surface area contributed by atoms with Gasteiger partial charge in [0.25, 0.3) is 0 Å². The lowest BCUT2D eigenvalue weighted by molar-refractivity contribution is 0.600. The van der Waals surface area contributed by atoms with Crippen LogP contribution in [0.25, 0.3) is 0 Å². The molecule has 0 unspecified atom stereocenters. The number of benzene rings is 1. The fraction of sp³-hybridized carbons (Fsp3) is 0.200. The maximum Gasteiger partial charge on any atom is 0.238 e. The molecule has 102 valence electrons. The Hall–Kier alpha value is -0.830. The van der Waals surface area contributed by atoms with Gasteiger partial charge in [-0.2, -0.15) is 0 Å². The lowest BCUT2D eigenvalue weighted by Crippen LogP contribution is -2.14. The molecule has 0 saturated heterocycles. The minimum atomic E-state index is -3.49. The first kappa shape index (κ1) is 14.6. The predicted octanol–water partition coefficient (Wildman–Crippen LogP) is 2.86. The molecule has 2 rings (SSSR count). The van der Waals surface area contributed by atoms with Gasteiger partial charge in [-0.25, -0.2) is 8.42 Å². The van der Waals surface area contributed by atoms with Crippen molar-refractivity contribution >= 4 is 49.9 Å². The Kier molecular flexibility index (Phi) is 4.67. The number of halogens is 1. The Morgan fingerprint density at radius 1 is 1.32 bits per heavy atom. The zero-order valence-corrected chi connectivity index (χ0v) is 13.0. The Balaban J connectivity index is 2.08. The molecule has 0 amide bonds. The van der Waals surface area contributed by atoms with Crippen molar-refractivity contribution in [2.45, 2.75) is 10.1 Å². The second kappa shape index (κ2) is 6.08. The van der Waals surface area contributed by atoms with Gasteiger partial charge >= 0.3 is 0 Å². The highest BCUT2D eigenvalue weighted by Crippen LogP contribution is 2.24. The minimum Gasteiger partial charge on any atom is -0.257 e. The van der Waals surface area contributed by atoms with Crippen LogP contribution in [-0.4, -0.2) is 24.9 Å². The molecule has 0 radical (unpaired) electrons. The second-order valence-electron chi connectivity index (χ2n) is 3.56. The smallest absolute Gasteiger partial charge is 0.238 e. The minimum absolute atomic E-state index is 0.127. The van der Waals surface area contributed by atoms with Crippen LogP contribution in [0.3, 0.4) is 0 Å². The third-order valence-corrected chi connectivity index (χ3v) is 5.51. The molecule has 0 spiro atoms. The van der Waals surface area contributed by atoms with Crippen LogP contribution < -0.4 is 4.72 Å². The summed E-state index contributed by atoms with van der Waals surface area (Å²) in [6.45, 7) is 0. The van der Waals surface area contributed by atoms with E-state index in [1.807, 2.05) is 6.26 Å². The highest BCUT2D eigenvalue weighted by Gasteiger charge is 2.14. The Morgan fingerprint density at radius 3 is 2.58 bits per heavy atom. The van der Waals surface area contributed by atoms with Gasteiger partial charge < -0.3 is 0 Å². The SMILES string of the molecule is CSc1nnc(NS(=O)(=O)Cc2ccc(Cl)cc2)s1. The standard InChI is InChI=1S/C10H10ClN3O2S3/c1-17-10-13-12-9(18-10)14-19(15,16)6-7-2-4-8(11)5-3-7/h2-5H,6H2,1H3,(H,12,14). The molecule has 0 aliphatic heterocycles. The van der Waals surface area contributed by atoms with Crippen LogP contribution in [0.4, 0.5) is 5.13 Å². The number of anilines is 1. The monoisotopic (exact) mass is 335 g/mol. The summed E-state index contributed by atoms with van der Waals surface area (Å²) in [6, 6.07) is 6.66. The van der Waals surface area contributed by atoms with Crippen LogP contribution in [0.5, 0.6) is 0 Å². The van der Waals surface area contributed by atoms with Crippen molar-refractivity contribution < 1.29 is 8.42 Å². The van der Waals surface area contributed by atoms with Crippen molar-refractivity contribution in [3.63, 3.8) is 0 Å². The molecule has 2 aromatic rings. The molecular weight excluding hydrogens is 326 g/mol. The number of rotatable bonds is 5. The number of hydrogen-bond donors (Lipinski definition) is 1. The van der Waals surface area contributed by atoms with Crippen molar-refractivity contribution in [2.24, 2.45) is 0 Å². The van der Waals surface area contributed by atoms with Gasteiger partial charge in [-0.15, -0.1) is 10.2 Å². The lowest BCUT2D eigenvalue weighted by atomic mass is 10.2. The Bertz CT molecular complexity index is 655. The van der Waals surface area contributed by atoms with E-state index in [9.17, 15) is 8.42 Å². The van der Waals surface area contributed by atoms with Crippen LogP contribution in [0.15, 0.2) is 28.6 Å². The summed E-state index contributed by atoms with van der Waals surface area (Å²) in [5, 5.41) is 8.44. The Morgan fingerprint density at radius 2 is 2.00 bits per heavy atom. The van der Waals surface area contributed by atoms with Gasteiger partial charge in [0.2, 0.25) is 15.2 Å². The van der Waals surface area contributed by atoms with E-state index in [4.69, 9.17) is 11.6 Å². The highest BCUT2D eigenvalue weighted by atomic mass is 35.5. The van der Waals surface area contributed by atoms with E-state index < -0.39 is 10.0 Å². The molecule has 1 heterocycles. The van der Waals surface area contributed by atoms with E-state index in [-0.39, 0.29) is 10.9 Å². The van der Waals surface area contributed by atoms with Gasteiger partial charge in [-0.05, 0) is 24.0 Å². The second-order valence-corrected chi connectivity index (χ2v) is 7.75. The van der Waals surface area contributed by atoms with E-state index in [0.29, 0.717) is 14.9 Å². The molecule has 9 heteroatoms. The summed E-state index contributed by atoms with van der Waals surface area (Å²) in [5.41, 5.74) is 0.659. The summed E-state index contributed by atoms with van der Waals surface area (Å²) < 4.78 is 27.0. The zero-order chi connectivity index (χ0) is 13.9. The van der Waals surface area contributed by atoms with Crippen LogP contribution in [-0.2, 0) is 15.8 Å². The molecule has 0 saturated carbocycles. The topological polar surface area (TPSA) is 72.0 Å². The lowest BCUT2D eigenvalue weighted by Gasteiger charge is -2.04. The molecule has 5 nitrogen and oxygen atoms in total. The van der Waals surface area contributed by atoms with Crippen molar-refractivity contribution in [1.82, 2.24) is 10.2 Å². The summed E-state index contributed by atoms with van der Waals surface area (Å²) in [7, 11) is -3.49. The van der Waals surface area contributed by atoms with E-state index in [1.165, 1.54) is 23.1 Å². The number of thioether (sulfide) groups is 1. The average molecular weight is 336 g/mol. The molecule has 0 bridgehead atoms. The fourth-order valence-electron chi connectivity index (χ4n) is 1.30. The summed E-state index contributed by atoms with van der Waals surface area (Å²) in [4.78, 5) is 0. The molecule has 0 aliphatic rings. The van der Waals surface area contributed by atoms with E-state index in [0.717, 1.165) is 0 Å². The number of sulfonamides is 1. The average Bonchev–Trinajstić information content (AvgIpc) is 2.78. The zero-order valence-electron chi connectivity index (χ0n) is 9.83. The summed E-state index contributed by atoms with van der Waals surface area (Å²) in [6.07, 6.45) is 1.85. The first-order valence-corrected chi connectivity index (χ1v) is 9.18. The normalized spacial score (nSPS) is 11.5. The summed E-state index contributed by atoms with van der Waals surface area (Å²) in [5.74, 6) is -0.127. The molecule has 1 aromatic heterocycles. The van der Waals surface area contributed by atoms with E-state index >= 15 is 0 Å². The maximum atomic E-state index is 11.9. The molecule has 0 atom stereocenters. The van der Waals surface area contributed by atoms with Crippen molar-refractivity contribution in [1.29, 1.82) is 0 Å². The molecule has 0 aliphatic carbocycles. The number of aromatic nitrogens is 2. The highest BCUT2D eigenvalue weighted by molar-refractivity contribution is 8.00. The quantitative estimate of drug-likeness (QED) is 0.851. The molecule has 0 fully saturated rings. The molecular formula is C10H10ClN3O2S3. The van der Waals surface area contributed by atoms with Crippen LogP contribution >= 0.6 is 34.7 Å². The molecule has 1 N–H and O–H groups in total. The number of nitrogens with zero attached hydrogens (tertiary/aromatic N) is 2. The van der Waals surface area contributed by atoms with Gasteiger partial charge in [0.05, 0.1) is 5.75 Å². The number of hydrogen-bond acceptors (Lipinski definition) is 6.